The summed E-state index contributed by atoms with van der Waals surface area (Å²) in [5.41, 5.74) is -0.416. The molecule has 1 N–H and O–H groups in total. The van der Waals surface area contributed by atoms with Gasteiger partial charge in [-0.05, 0) is 59.3 Å². The monoisotopic (exact) mass is 316 g/mol. The molecule has 4 nitrogen and oxygen atoms in total. The zero-order valence-corrected chi connectivity index (χ0v) is 15.1. The number of ether oxygens (including phenoxy) is 1. The lowest BCUT2D eigenvalue weighted by molar-refractivity contribution is 0.00998. The highest BCUT2D eigenvalue weighted by Crippen LogP contribution is 2.20. The number of rotatable bonds is 6. The first-order chi connectivity index (χ1) is 9.83. The molecule has 0 aromatic carbocycles. The number of nitrogens with zero attached hydrogens (tertiary/aromatic N) is 1. The van der Waals surface area contributed by atoms with Gasteiger partial charge in [0.05, 0.1) is 0 Å². The third-order valence-corrected chi connectivity index (χ3v) is 4.81. The van der Waals surface area contributed by atoms with Crippen LogP contribution in [0.3, 0.4) is 0 Å². The molecule has 0 saturated carbocycles. The number of thioether (sulfide) groups is 1. The van der Waals surface area contributed by atoms with E-state index in [1.54, 1.807) is 0 Å². The molecule has 1 fully saturated rings. The van der Waals surface area contributed by atoms with Crippen molar-refractivity contribution in [3.05, 3.63) is 0 Å². The summed E-state index contributed by atoms with van der Waals surface area (Å²) < 4.78 is 5.53. The molecule has 1 heterocycles. The SMILES string of the molecule is CSC(C)CCNCC1CCCCN1C(=O)OC(C)(C)C. The molecule has 0 aliphatic carbocycles. The van der Waals surface area contributed by atoms with E-state index in [9.17, 15) is 4.79 Å². The van der Waals surface area contributed by atoms with Crippen molar-refractivity contribution >= 4 is 17.9 Å². The summed E-state index contributed by atoms with van der Waals surface area (Å²) >= 11 is 1.90. The van der Waals surface area contributed by atoms with E-state index in [0.29, 0.717) is 5.25 Å². The number of amides is 1. The Morgan fingerprint density at radius 3 is 2.76 bits per heavy atom. The second kappa shape index (κ2) is 8.89. The zero-order chi connectivity index (χ0) is 15.9. The second-order valence-corrected chi connectivity index (χ2v) is 8.14. The maximum absolute atomic E-state index is 12.3. The highest BCUT2D eigenvalue weighted by atomic mass is 32.2. The summed E-state index contributed by atoms with van der Waals surface area (Å²) in [7, 11) is 0. The predicted octanol–water partition coefficient (Wildman–Crippen LogP) is 3.51. The van der Waals surface area contributed by atoms with Crippen molar-refractivity contribution < 1.29 is 9.53 Å². The Bertz CT molecular complexity index is 318. The van der Waals surface area contributed by atoms with Crippen molar-refractivity contribution in [2.75, 3.05) is 25.9 Å². The normalized spacial score (nSPS) is 21.2. The van der Waals surface area contributed by atoms with Crippen molar-refractivity contribution in [2.24, 2.45) is 0 Å². The van der Waals surface area contributed by atoms with Gasteiger partial charge in [-0.3, -0.25) is 0 Å². The number of hydrogen-bond donors (Lipinski definition) is 1. The van der Waals surface area contributed by atoms with Crippen molar-refractivity contribution in [3.8, 4) is 0 Å². The van der Waals surface area contributed by atoms with Gasteiger partial charge in [-0.25, -0.2) is 4.79 Å². The molecule has 21 heavy (non-hydrogen) atoms. The lowest BCUT2D eigenvalue weighted by Gasteiger charge is -2.37. The van der Waals surface area contributed by atoms with Gasteiger partial charge < -0.3 is 15.0 Å². The number of carbonyl (C=O) groups excluding carboxylic acids is 1. The molecule has 0 aromatic rings. The van der Waals surface area contributed by atoms with E-state index in [-0.39, 0.29) is 12.1 Å². The largest absolute Gasteiger partial charge is 0.444 e. The Labute approximate surface area is 134 Å². The van der Waals surface area contributed by atoms with Crippen LogP contribution < -0.4 is 5.32 Å². The van der Waals surface area contributed by atoms with Crippen molar-refractivity contribution in [1.82, 2.24) is 10.2 Å². The minimum Gasteiger partial charge on any atom is -0.444 e. The van der Waals surface area contributed by atoms with Gasteiger partial charge in [-0.2, -0.15) is 11.8 Å². The van der Waals surface area contributed by atoms with Crippen LogP contribution in [-0.4, -0.2) is 53.8 Å². The average Bonchev–Trinajstić information content (AvgIpc) is 2.41. The van der Waals surface area contributed by atoms with E-state index in [0.717, 1.165) is 32.5 Å². The molecule has 0 spiro atoms. The molecule has 0 radical (unpaired) electrons. The Morgan fingerprint density at radius 1 is 1.43 bits per heavy atom. The second-order valence-electron chi connectivity index (χ2n) is 6.86. The predicted molar refractivity (Wildman–Crippen MR) is 91.0 cm³/mol. The van der Waals surface area contributed by atoms with Crippen molar-refractivity contribution in [1.29, 1.82) is 0 Å². The van der Waals surface area contributed by atoms with Crippen LogP contribution in [0.1, 0.15) is 53.4 Å². The molecule has 124 valence electrons. The Hall–Kier alpha value is -0.420. The third kappa shape index (κ3) is 7.41. The molecule has 1 rings (SSSR count). The van der Waals surface area contributed by atoms with Gasteiger partial charge in [0.2, 0.25) is 0 Å². The molecule has 5 heteroatoms. The summed E-state index contributed by atoms with van der Waals surface area (Å²) in [4.78, 5) is 14.2. The van der Waals surface area contributed by atoms with Crippen LogP contribution in [0.15, 0.2) is 0 Å². The maximum Gasteiger partial charge on any atom is 0.410 e. The first-order valence-electron chi connectivity index (χ1n) is 8.06. The van der Waals surface area contributed by atoms with E-state index in [4.69, 9.17) is 4.74 Å². The molecular formula is C16H32N2O2S. The third-order valence-electron chi connectivity index (χ3n) is 3.77. The summed E-state index contributed by atoms with van der Waals surface area (Å²) in [5, 5.41) is 4.19. The van der Waals surface area contributed by atoms with Crippen molar-refractivity contribution in [3.63, 3.8) is 0 Å². The van der Waals surface area contributed by atoms with E-state index >= 15 is 0 Å². The number of likely N-dealkylation sites (tertiary alicyclic amines) is 1. The highest BCUT2D eigenvalue weighted by Gasteiger charge is 2.30. The molecular weight excluding hydrogens is 284 g/mol. The van der Waals surface area contributed by atoms with Crippen LogP contribution in [0.5, 0.6) is 0 Å². The fourth-order valence-electron chi connectivity index (χ4n) is 2.47. The van der Waals surface area contributed by atoms with E-state index in [2.05, 4.69) is 18.5 Å². The molecule has 2 atom stereocenters. The lowest BCUT2D eigenvalue weighted by Crippen LogP contribution is -2.50. The Balaban J connectivity index is 2.40. The molecule has 1 saturated heterocycles. The topological polar surface area (TPSA) is 41.6 Å². The van der Waals surface area contributed by atoms with Crippen LogP contribution in [0.4, 0.5) is 4.79 Å². The summed E-state index contributed by atoms with van der Waals surface area (Å²) in [5.74, 6) is 0. The molecule has 1 aliphatic heterocycles. The summed E-state index contributed by atoms with van der Waals surface area (Å²) in [6, 6.07) is 0.276. The fraction of sp³-hybridized carbons (Fsp3) is 0.938. The quantitative estimate of drug-likeness (QED) is 0.762. The van der Waals surface area contributed by atoms with Gasteiger partial charge in [-0.15, -0.1) is 0 Å². The maximum atomic E-state index is 12.3. The Kier molecular flexibility index (Phi) is 7.88. The van der Waals surface area contributed by atoms with E-state index < -0.39 is 5.60 Å². The number of nitrogens with one attached hydrogen (secondary N) is 1. The summed E-state index contributed by atoms with van der Waals surface area (Å²) in [6.45, 7) is 10.7. The molecule has 2 unspecified atom stereocenters. The molecule has 1 aliphatic rings. The van der Waals surface area contributed by atoms with E-state index in [1.807, 2.05) is 37.4 Å². The highest BCUT2D eigenvalue weighted by molar-refractivity contribution is 7.99. The van der Waals surface area contributed by atoms with Gasteiger partial charge in [0.15, 0.2) is 0 Å². The minimum absolute atomic E-state index is 0.161. The number of carbonyl (C=O) groups is 1. The molecule has 1 amide bonds. The van der Waals surface area contributed by atoms with Crippen molar-refractivity contribution in [2.45, 2.75) is 70.3 Å². The smallest absolute Gasteiger partial charge is 0.410 e. The average molecular weight is 317 g/mol. The van der Waals surface area contributed by atoms with Gasteiger partial charge >= 0.3 is 6.09 Å². The van der Waals surface area contributed by atoms with Gasteiger partial charge in [0.1, 0.15) is 5.60 Å². The molecule has 0 aromatic heterocycles. The van der Waals surface area contributed by atoms with Crippen LogP contribution in [0.25, 0.3) is 0 Å². The lowest BCUT2D eigenvalue weighted by atomic mass is 10.0. The first kappa shape index (κ1) is 18.6. The zero-order valence-electron chi connectivity index (χ0n) is 14.3. The first-order valence-corrected chi connectivity index (χ1v) is 9.35. The Morgan fingerprint density at radius 2 is 2.14 bits per heavy atom. The number of piperidine rings is 1. The van der Waals surface area contributed by atoms with Gasteiger partial charge in [-0.1, -0.05) is 6.92 Å². The van der Waals surface area contributed by atoms with Gasteiger partial charge in [0, 0.05) is 24.4 Å². The van der Waals surface area contributed by atoms with E-state index in [1.165, 1.54) is 12.8 Å². The van der Waals surface area contributed by atoms with Crippen LogP contribution in [0, 0.1) is 0 Å². The number of hydrogen-bond acceptors (Lipinski definition) is 4. The van der Waals surface area contributed by atoms with Gasteiger partial charge in [0.25, 0.3) is 0 Å². The van der Waals surface area contributed by atoms with Crippen LogP contribution in [-0.2, 0) is 4.74 Å². The fourth-order valence-corrected chi connectivity index (χ4v) is 2.82. The van der Waals surface area contributed by atoms with Crippen LogP contribution >= 0.6 is 11.8 Å². The van der Waals surface area contributed by atoms with Crippen LogP contribution in [0.2, 0.25) is 0 Å². The summed E-state index contributed by atoms with van der Waals surface area (Å²) in [6.07, 6.45) is 6.51. The minimum atomic E-state index is -0.416. The molecule has 0 bridgehead atoms. The standard InChI is InChI=1S/C16H32N2O2S/c1-13(21-5)9-10-17-12-14-8-6-7-11-18(14)15(19)20-16(2,3)4/h13-14,17H,6-12H2,1-5H3.